The summed E-state index contributed by atoms with van der Waals surface area (Å²) in [4.78, 5) is 14.4. The van der Waals surface area contributed by atoms with Crippen LogP contribution in [0.5, 0.6) is 0 Å². The molecule has 0 radical (unpaired) electrons. The number of hydrogen-bond acceptors (Lipinski definition) is 4. The van der Waals surface area contributed by atoms with E-state index in [-0.39, 0.29) is 17.4 Å². The van der Waals surface area contributed by atoms with E-state index < -0.39 is 5.54 Å². The molecule has 0 bridgehead atoms. The third-order valence-electron chi connectivity index (χ3n) is 4.93. The number of rotatable bonds is 5. The van der Waals surface area contributed by atoms with Crippen molar-refractivity contribution in [3.63, 3.8) is 0 Å². The van der Waals surface area contributed by atoms with Crippen molar-refractivity contribution in [3.05, 3.63) is 23.7 Å². The maximum atomic E-state index is 12.8. The molecule has 1 fully saturated rings. The van der Waals surface area contributed by atoms with Crippen LogP contribution in [-0.4, -0.2) is 36.1 Å². The zero-order valence-corrected chi connectivity index (χ0v) is 13.6. The van der Waals surface area contributed by atoms with Crippen molar-refractivity contribution < 1.29 is 13.9 Å². The summed E-state index contributed by atoms with van der Waals surface area (Å²) >= 11 is 0. The Balaban J connectivity index is 2.08. The minimum Gasteiger partial charge on any atom is -0.469 e. The minimum atomic E-state index is -0.862. The summed E-state index contributed by atoms with van der Waals surface area (Å²) in [5.41, 5.74) is 6.20. The largest absolute Gasteiger partial charge is 0.469 e. The van der Waals surface area contributed by atoms with Crippen molar-refractivity contribution in [2.75, 3.05) is 13.7 Å². The van der Waals surface area contributed by atoms with Crippen molar-refractivity contribution in [2.24, 2.45) is 11.1 Å². The molecule has 2 atom stereocenters. The smallest absolute Gasteiger partial charge is 0.243 e. The van der Waals surface area contributed by atoms with Gasteiger partial charge in [0, 0.05) is 37.6 Å². The number of carbonyl (C=O) groups is 1. The first kappa shape index (κ1) is 16.0. The highest BCUT2D eigenvalue weighted by Crippen LogP contribution is 2.50. The third kappa shape index (κ3) is 2.49. The third-order valence-corrected chi connectivity index (χ3v) is 4.93. The summed E-state index contributed by atoms with van der Waals surface area (Å²) in [6, 6.07) is 1.89. The van der Waals surface area contributed by atoms with Gasteiger partial charge in [0.1, 0.15) is 11.3 Å². The Hall–Kier alpha value is -1.33. The zero-order valence-electron chi connectivity index (χ0n) is 13.6. The number of carbonyl (C=O) groups excluding carboxylic acids is 1. The second kappa shape index (κ2) is 5.46. The van der Waals surface area contributed by atoms with Gasteiger partial charge in [0.15, 0.2) is 0 Å². The molecule has 1 aliphatic rings. The van der Waals surface area contributed by atoms with E-state index in [9.17, 15) is 4.79 Å². The molecule has 5 heteroatoms. The molecule has 1 saturated carbocycles. The van der Waals surface area contributed by atoms with Gasteiger partial charge < -0.3 is 19.8 Å². The fourth-order valence-electron chi connectivity index (χ4n) is 3.04. The molecule has 2 N–H and O–H groups in total. The van der Waals surface area contributed by atoms with Gasteiger partial charge in [-0.1, -0.05) is 13.8 Å². The molecule has 1 aromatic heterocycles. The Morgan fingerprint density at radius 1 is 1.57 bits per heavy atom. The quantitative estimate of drug-likeness (QED) is 0.902. The van der Waals surface area contributed by atoms with E-state index >= 15 is 0 Å². The van der Waals surface area contributed by atoms with Crippen LogP contribution < -0.4 is 5.73 Å². The van der Waals surface area contributed by atoms with Gasteiger partial charge in [-0.3, -0.25) is 4.79 Å². The summed E-state index contributed by atoms with van der Waals surface area (Å²) in [5.74, 6) is 0.796. The summed E-state index contributed by atoms with van der Waals surface area (Å²) in [6.07, 6.45) is 2.25. The molecule has 118 valence electrons. The van der Waals surface area contributed by atoms with E-state index in [0.29, 0.717) is 19.6 Å². The molecular formula is C16H26N2O3. The van der Waals surface area contributed by atoms with Crippen molar-refractivity contribution in [1.82, 2.24) is 4.90 Å². The lowest BCUT2D eigenvalue weighted by molar-refractivity contribution is -0.178. The highest BCUT2D eigenvalue weighted by molar-refractivity contribution is 5.88. The number of ether oxygens (including phenoxy) is 1. The molecule has 1 aromatic rings. The summed E-state index contributed by atoms with van der Waals surface area (Å²) < 4.78 is 10.9. The first-order valence-electron chi connectivity index (χ1n) is 7.43. The molecule has 21 heavy (non-hydrogen) atoms. The van der Waals surface area contributed by atoms with E-state index in [1.165, 1.54) is 0 Å². The molecule has 1 aliphatic carbocycles. The Morgan fingerprint density at radius 3 is 2.71 bits per heavy atom. The minimum absolute atomic E-state index is 0.0379. The molecule has 2 rings (SSSR count). The molecule has 0 saturated heterocycles. The average molecular weight is 294 g/mol. The van der Waals surface area contributed by atoms with Crippen LogP contribution in [0.2, 0.25) is 0 Å². The number of furan rings is 1. The maximum absolute atomic E-state index is 12.8. The number of likely N-dealkylation sites (N-methyl/N-ethyl adjacent to an activating group) is 1. The van der Waals surface area contributed by atoms with E-state index in [0.717, 1.165) is 11.3 Å². The summed E-state index contributed by atoms with van der Waals surface area (Å²) in [6.45, 7) is 9.02. The fourth-order valence-corrected chi connectivity index (χ4v) is 3.04. The molecule has 1 amide bonds. The lowest BCUT2D eigenvalue weighted by atomic mass is 9.54. The predicted octanol–water partition coefficient (Wildman–Crippen LogP) is 2.08. The number of aryl methyl sites for hydroxylation is 1. The van der Waals surface area contributed by atoms with Gasteiger partial charge >= 0.3 is 0 Å². The van der Waals surface area contributed by atoms with Crippen LogP contribution in [-0.2, 0) is 16.1 Å². The zero-order chi connectivity index (χ0) is 15.8. The molecule has 0 aliphatic heterocycles. The average Bonchev–Trinajstić information content (AvgIpc) is 2.82. The van der Waals surface area contributed by atoms with Gasteiger partial charge in [-0.05, 0) is 19.9 Å². The van der Waals surface area contributed by atoms with E-state index in [2.05, 4.69) is 0 Å². The molecule has 5 nitrogen and oxygen atoms in total. The van der Waals surface area contributed by atoms with Gasteiger partial charge in [-0.25, -0.2) is 0 Å². The second-order valence-electron chi connectivity index (χ2n) is 6.50. The summed E-state index contributed by atoms with van der Waals surface area (Å²) in [5, 5.41) is 0. The Kier molecular flexibility index (Phi) is 4.17. The van der Waals surface area contributed by atoms with Crippen LogP contribution in [0.4, 0.5) is 0 Å². The highest BCUT2D eigenvalue weighted by Gasteiger charge is 2.63. The van der Waals surface area contributed by atoms with Crippen molar-refractivity contribution in [3.8, 4) is 0 Å². The molecule has 1 heterocycles. The molecule has 2 unspecified atom stereocenters. The van der Waals surface area contributed by atoms with Gasteiger partial charge in [-0.2, -0.15) is 0 Å². The standard InChI is InChI=1S/C16H26N2O3/c1-6-20-13-9-16(17,15(13,3)4)14(19)18(5)10-12-7-8-21-11(12)2/h7-8,13H,6,9-10,17H2,1-5H3. The Morgan fingerprint density at radius 2 is 2.24 bits per heavy atom. The summed E-state index contributed by atoms with van der Waals surface area (Å²) in [7, 11) is 1.79. The number of hydrogen-bond donors (Lipinski definition) is 1. The molecule has 0 spiro atoms. The monoisotopic (exact) mass is 294 g/mol. The SMILES string of the molecule is CCOC1CC(N)(C(=O)N(C)Cc2ccoc2C)C1(C)C. The Bertz CT molecular complexity index is 523. The first-order valence-corrected chi connectivity index (χ1v) is 7.43. The second-order valence-corrected chi connectivity index (χ2v) is 6.50. The van der Waals surface area contributed by atoms with Crippen LogP contribution in [0.15, 0.2) is 16.7 Å². The van der Waals surface area contributed by atoms with Crippen LogP contribution >= 0.6 is 0 Å². The number of amides is 1. The van der Waals surface area contributed by atoms with Gasteiger partial charge in [0.05, 0.1) is 12.4 Å². The lowest BCUT2D eigenvalue weighted by Gasteiger charge is -2.58. The topological polar surface area (TPSA) is 68.7 Å². The van der Waals surface area contributed by atoms with E-state index in [1.807, 2.05) is 33.8 Å². The van der Waals surface area contributed by atoms with Gasteiger partial charge in [0.25, 0.3) is 0 Å². The lowest BCUT2D eigenvalue weighted by Crippen LogP contribution is -2.75. The molecule has 0 aromatic carbocycles. The van der Waals surface area contributed by atoms with Crippen LogP contribution in [0, 0.1) is 12.3 Å². The van der Waals surface area contributed by atoms with Crippen LogP contribution in [0.25, 0.3) is 0 Å². The van der Waals surface area contributed by atoms with Gasteiger partial charge in [-0.15, -0.1) is 0 Å². The van der Waals surface area contributed by atoms with E-state index in [1.54, 1.807) is 18.2 Å². The van der Waals surface area contributed by atoms with Gasteiger partial charge in [0.2, 0.25) is 5.91 Å². The highest BCUT2D eigenvalue weighted by atomic mass is 16.5. The first-order chi connectivity index (χ1) is 9.74. The van der Waals surface area contributed by atoms with Crippen molar-refractivity contribution >= 4 is 5.91 Å². The normalized spacial score (nSPS) is 27.2. The van der Waals surface area contributed by atoms with Crippen LogP contribution in [0.1, 0.15) is 38.5 Å². The van der Waals surface area contributed by atoms with Crippen molar-refractivity contribution in [1.29, 1.82) is 0 Å². The number of nitrogens with zero attached hydrogens (tertiary/aromatic N) is 1. The number of nitrogens with two attached hydrogens (primary N) is 1. The van der Waals surface area contributed by atoms with Crippen molar-refractivity contribution in [2.45, 2.75) is 52.3 Å². The molecular weight excluding hydrogens is 268 g/mol. The van der Waals surface area contributed by atoms with Crippen LogP contribution in [0.3, 0.4) is 0 Å². The fraction of sp³-hybridized carbons (Fsp3) is 0.688. The Labute approximate surface area is 126 Å². The van der Waals surface area contributed by atoms with E-state index in [4.69, 9.17) is 14.9 Å². The maximum Gasteiger partial charge on any atom is 0.243 e. The predicted molar refractivity (Wildman–Crippen MR) is 80.6 cm³/mol.